The summed E-state index contributed by atoms with van der Waals surface area (Å²) in [6.45, 7) is 3.70. The van der Waals surface area contributed by atoms with Gasteiger partial charge in [-0.25, -0.2) is 4.79 Å². The molecule has 0 amide bonds. The second kappa shape index (κ2) is 9.49. The van der Waals surface area contributed by atoms with E-state index >= 15 is 0 Å². The zero-order valence-corrected chi connectivity index (χ0v) is 17.1. The Morgan fingerprint density at radius 1 is 1.23 bits per heavy atom. The molecule has 9 heteroatoms. The molecule has 0 spiro atoms. The van der Waals surface area contributed by atoms with Crippen LogP contribution < -0.4 is 5.73 Å². The van der Waals surface area contributed by atoms with Gasteiger partial charge in [-0.1, -0.05) is 42.5 Å². The summed E-state index contributed by atoms with van der Waals surface area (Å²) in [5.74, 6) is -2.15. The van der Waals surface area contributed by atoms with E-state index in [-0.39, 0.29) is 0 Å². The highest BCUT2D eigenvalue weighted by atomic mass is 19.4. The molecule has 4 rings (SSSR count). The van der Waals surface area contributed by atoms with Gasteiger partial charge in [0.25, 0.3) is 0 Å². The first-order valence-electron chi connectivity index (χ1n) is 9.91. The van der Waals surface area contributed by atoms with Crippen molar-refractivity contribution in [2.75, 3.05) is 13.1 Å². The average molecular weight is 434 g/mol. The van der Waals surface area contributed by atoms with E-state index in [1.54, 1.807) is 0 Å². The van der Waals surface area contributed by atoms with Crippen LogP contribution in [-0.2, 0) is 24.9 Å². The van der Waals surface area contributed by atoms with Crippen LogP contribution in [0.25, 0.3) is 10.8 Å². The van der Waals surface area contributed by atoms with Crippen LogP contribution in [0.3, 0.4) is 0 Å². The number of carbonyl (C=O) groups is 1. The van der Waals surface area contributed by atoms with Gasteiger partial charge in [0.1, 0.15) is 0 Å². The zero-order valence-electron chi connectivity index (χ0n) is 17.1. The van der Waals surface area contributed by atoms with Gasteiger partial charge in [0.05, 0.1) is 11.4 Å². The first-order valence-corrected chi connectivity index (χ1v) is 9.91. The smallest absolute Gasteiger partial charge is 0.475 e. The predicted octanol–water partition coefficient (Wildman–Crippen LogP) is 3.65. The zero-order chi connectivity index (χ0) is 22.6. The number of benzene rings is 2. The fraction of sp³-hybridized carbons (Fsp3) is 0.364. The van der Waals surface area contributed by atoms with E-state index in [9.17, 15) is 13.2 Å². The quantitative estimate of drug-likeness (QED) is 0.655. The highest BCUT2D eigenvalue weighted by Crippen LogP contribution is 2.33. The van der Waals surface area contributed by atoms with Crippen molar-refractivity contribution < 1.29 is 23.1 Å². The van der Waals surface area contributed by atoms with Gasteiger partial charge in [-0.2, -0.15) is 18.3 Å². The van der Waals surface area contributed by atoms with Gasteiger partial charge in [-0.15, -0.1) is 0 Å². The molecular weight excluding hydrogens is 409 g/mol. The summed E-state index contributed by atoms with van der Waals surface area (Å²) in [4.78, 5) is 11.4. The number of nitrogens with zero attached hydrogens (tertiary/aromatic N) is 3. The Morgan fingerprint density at radius 3 is 2.55 bits per heavy atom. The van der Waals surface area contributed by atoms with Crippen LogP contribution in [0.4, 0.5) is 13.2 Å². The van der Waals surface area contributed by atoms with Gasteiger partial charge in [0, 0.05) is 26.7 Å². The van der Waals surface area contributed by atoms with Crippen LogP contribution in [-0.4, -0.2) is 45.0 Å². The molecule has 1 aliphatic rings. The highest BCUT2D eigenvalue weighted by molar-refractivity contribution is 5.86. The maximum Gasteiger partial charge on any atom is 0.490 e. The van der Waals surface area contributed by atoms with Crippen molar-refractivity contribution in [1.82, 2.24) is 14.7 Å². The van der Waals surface area contributed by atoms with Gasteiger partial charge in [-0.3, -0.25) is 9.58 Å². The highest BCUT2D eigenvalue weighted by Gasteiger charge is 2.38. The fourth-order valence-corrected chi connectivity index (χ4v) is 3.88. The lowest BCUT2D eigenvalue weighted by Gasteiger charge is -2.17. The number of aromatic nitrogens is 2. The lowest BCUT2D eigenvalue weighted by Crippen LogP contribution is -2.21. The number of aryl methyl sites for hydroxylation is 1. The van der Waals surface area contributed by atoms with E-state index in [1.807, 2.05) is 11.7 Å². The number of rotatable bonds is 4. The number of carboxylic acid groups (broad SMARTS) is 1. The fourth-order valence-electron chi connectivity index (χ4n) is 3.88. The molecule has 6 nitrogen and oxygen atoms in total. The van der Waals surface area contributed by atoms with Crippen molar-refractivity contribution in [3.63, 3.8) is 0 Å². The Balaban J connectivity index is 0.000000339. The minimum absolute atomic E-state index is 0.506. The van der Waals surface area contributed by atoms with E-state index < -0.39 is 12.1 Å². The number of alkyl halides is 3. The molecule has 0 radical (unpaired) electrons. The van der Waals surface area contributed by atoms with Crippen molar-refractivity contribution >= 4 is 16.7 Å². The molecule has 2 heterocycles. The molecule has 1 aliphatic heterocycles. The molecule has 1 saturated heterocycles. The third-order valence-corrected chi connectivity index (χ3v) is 5.40. The number of hydrogen-bond acceptors (Lipinski definition) is 4. The Bertz CT molecular complexity index is 1040. The minimum atomic E-state index is -5.08. The number of nitrogens with two attached hydrogens (primary N) is 1. The number of likely N-dealkylation sites (tertiary alicyclic amines) is 1. The van der Waals surface area contributed by atoms with Crippen molar-refractivity contribution in [2.24, 2.45) is 12.8 Å². The number of fused-ring (bicyclic) bond motifs is 1. The van der Waals surface area contributed by atoms with E-state index in [4.69, 9.17) is 15.6 Å². The summed E-state index contributed by atoms with van der Waals surface area (Å²) in [6.07, 6.45) is -3.87. The Morgan fingerprint density at radius 2 is 1.90 bits per heavy atom. The molecule has 2 aromatic carbocycles. The van der Waals surface area contributed by atoms with Gasteiger partial charge in [0.2, 0.25) is 0 Å². The van der Waals surface area contributed by atoms with E-state index in [0.29, 0.717) is 12.5 Å². The van der Waals surface area contributed by atoms with Gasteiger partial charge >= 0.3 is 12.1 Å². The maximum absolute atomic E-state index is 10.6. The topological polar surface area (TPSA) is 84.4 Å². The molecule has 1 atom stereocenters. The van der Waals surface area contributed by atoms with Crippen molar-refractivity contribution in [1.29, 1.82) is 0 Å². The van der Waals surface area contributed by atoms with Gasteiger partial charge < -0.3 is 10.8 Å². The summed E-state index contributed by atoms with van der Waals surface area (Å²) in [7, 11) is 2.01. The molecule has 0 bridgehead atoms. The van der Waals surface area contributed by atoms with Crippen LogP contribution in [0.2, 0.25) is 0 Å². The molecular formula is C22H25F3N4O2. The molecule has 31 heavy (non-hydrogen) atoms. The predicted molar refractivity (Wildman–Crippen MR) is 111 cm³/mol. The van der Waals surface area contributed by atoms with E-state index in [0.717, 1.165) is 25.3 Å². The second-order valence-corrected chi connectivity index (χ2v) is 7.55. The minimum Gasteiger partial charge on any atom is -0.475 e. The van der Waals surface area contributed by atoms with Gasteiger partial charge in [0.15, 0.2) is 0 Å². The molecule has 1 aromatic heterocycles. The third kappa shape index (κ3) is 5.62. The molecule has 3 N–H and O–H groups in total. The van der Waals surface area contributed by atoms with Crippen molar-refractivity contribution in [2.45, 2.75) is 31.6 Å². The van der Waals surface area contributed by atoms with E-state index in [2.05, 4.69) is 58.5 Å². The summed E-state index contributed by atoms with van der Waals surface area (Å²) >= 11 is 0. The summed E-state index contributed by atoms with van der Waals surface area (Å²) in [6, 6.07) is 17.5. The molecule has 3 aromatic rings. The van der Waals surface area contributed by atoms with Crippen LogP contribution in [0.1, 0.15) is 29.3 Å². The molecule has 0 saturated carbocycles. The number of halogens is 3. The molecule has 1 fully saturated rings. The normalized spacial score (nSPS) is 16.9. The van der Waals surface area contributed by atoms with Crippen LogP contribution in [0.5, 0.6) is 0 Å². The second-order valence-electron chi connectivity index (χ2n) is 7.55. The Kier molecular flexibility index (Phi) is 6.97. The first kappa shape index (κ1) is 22.8. The summed E-state index contributed by atoms with van der Waals surface area (Å²) in [5, 5.41) is 14.3. The Labute approximate surface area is 178 Å². The molecule has 1 unspecified atom stereocenters. The third-order valence-electron chi connectivity index (χ3n) is 5.40. The number of carboxylic acids is 1. The number of aliphatic carboxylic acids is 1. The van der Waals surface area contributed by atoms with Crippen LogP contribution >= 0.6 is 0 Å². The average Bonchev–Trinajstić information content (AvgIpc) is 3.34. The Hall–Kier alpha value is -2.91. The lowest BCUT2D eigenvalue weighted by molar-refractivity contribution is -0.192. The lowest BCUT2D eigenvalue weighted by atomic mass is 9.93. The van der Waals surface area contributed by atoms with E-state index in [1.165, 1.54) is 28.5 Å². The van der Waals surface area contributed by atoms with Crippen molar-refractivity contribution in [3.8, 4) is 0 Å². The molecule has 166 valence electrons. The van der Waals surface area contributed by atoms with Crippen molar-refractivity contribution in [3.05, 3.63) is 65.5 Å². The molecule has 0 aliphatic carbocycles. The first-order chi connectivity index (χ1) is 14.7. The largest absolute Gasteiger partial charge is 0.490 e. The summed E-state index contributed by atoms with van der Waals surface area (Å²) < 4.78 is 33.7. The SMILES string of the molecule is Cn1nc(CN)cc1CN1CCC(c2cccc3ccccc23)C1.O=C(O)C(F)(F)F. The monoisotopic (exact) mass is 434 g/mol. The maximum atomic E-state index is 10.6. The van der Waals surface area contributed by atoms with Gasteiger partial charge in [-0.05, 0) is 41.3 Å². The van der Waals surface area contributed by atoms with Crippen LogP contribution in [0.15, 0.2) is 48.5 Å². The summed E-state index contributed by atoms with van der Waals surface area (Å²) in [5.41, 5.74) is 9.40. The standard InChI is InChI=1S/C20H24N4.C2HF3O2/c1-23-18(11-17(12-21)22-23)14-24-10-9-16(13-24)20-8-4-6-15-5-2-3-7-19(15)20;3-2(4,5)1(6)7/h2-8,11,16H,9-10,12-14,21H2,1H3;(H,6,7). The van der Waals surface area contributed by atoms with Crippen LogP contribution in [0, 0.1) is 0 Å². The number of hydrogen-bond donors (Lipinski definition) is 2.